The molecule has 94 valence electrons. The van der Waals surface area contributed by atoms with Crippen LogP contribution >= 0.6 is 23.2 Å². The quantitative estimate of drug-likeness (QED) is 0.765. The molecule has 0 N–H and O–H groups in total. The molecule has 1 aromatic carbocycles. The first kappa shape index (κ1) is 13.1. The molecule has 0 bridgehead atoms. The topological polar surface area (TPSA) is 22.1 Å². The van der Waals surface area contributed by atoms with E-state index in [9.17, 15) is 4.39 Å². The van der Waals surface area contributed by atoms with Crippen LogP contribution in [0.3, 0.4) is 0 Å². The summed E-state index contributed by atoms with van der Waals surface area (Å²) in [6, 6.07) is 6.19. The minimum atomic E-state index is -0.516. The van der Waals surface area contributed by atoms with Crippen molar-refractivity contribution in [2.45, 2.75) is 13.0 Å². The van der Waals surface area contributed by atoms with Crippen LogP contribution in [0.4, 0.5) is 4.39 Å². The van der Waals surface area contributed by atoms with E-state index in [1.54, 1.807) is 31.5 Å². The van der Waals surface area contributed by atoms with Gasteiger partial charge in [0.2, 0.25) is 0 Å². The predicted octanol–water partition coefficient (Wildman–Crippen LogP) is 4.67. The van der Waals surface area contributed by atoms with Crippen molar-refractivity contribution in [2.75, 3.05) is 0 Å². The van der Waals surface area contributed by atoms with Crippen LogP contribution < -0.4 is 4.74 Å². The smallest absolute Gasteiger partial charge is 0.142 e. The molecular formula is C13H10Cl2FNO. The van der Waals surface area contributed by atoms with Gasteiger partial charge in [-0.25, -0.2) is 4.39 Å². The molecule has 2 rings (SSSR count). The molecule has 0 aliphatic heterocycles. The standard InChI is InChI=1S/C13H10Cl2FNO/c1-8(18-9-3-2-6-17-7-9)12-10(14)4-5-11(16)13(12)15/h2-8H,1H3. The summed E-state index contributed by atoms with van der Waals surface area (Å²) in [7, 11) is 0. The average molecular weight is 286 g/mol. The summed E-state index contributed by atoms with van der Waals surface area (Å²) < 4.78 is 19.0. The zero-order chi connectivity index (χ0) is 13.1. The van der Waals surface area contributed by atoms with Crippen molar-refractivity contribution in [3.05, 3.63) is 58.1 Å². The van der Waals surface area contributed by atoms with Crippen LogP contribution in [-0.4, -0.2) is 4.98 Å². The number of nitrogens with zero attached hydrogens (tertiary/aromatic N) is 1. The molecule has 0 fully saturated rings. The third-order valence-electron chi connectivity index (χ3n) is 2.43. The molecule has 0 aliphatic carbocycles. The normalized spacial score (nSPS) is 12.2. The van der Waals surface area contributed by atoms with Gasteiger partial charge in [-0.15, -0.1) is 0 Å². The Morgan fingerprint density at radius 2 is 2.06 bits per heavy atom. The first-order valence-corrected chi connectivity index (χ1v) is 6.05. The lowest BCUT2D eigenvalue weighted by Crippen LogP contribution is -2.05. The van der Waals surface area contributed by atoms with Gasteiger partial charge in [0.05, 0.1) is 11.2 Å². The molecule has 0 saturated heterocycles. The third-order valence-corrected chi connectivity index (χ3v) is 3.15. The average Bonchev–Trinajstić information content (AvgIpc) is 2.36. The number of ether oxygens (including phenoxy) is 1. The van der Waals surface area contributed by atoms with Crippen molar-refractivity contribution in [1.82, 2.24) is 4.98 Å². The van der Waals surface area contributed by atoms with E-state index in [0.717, 1.165) is 0 Å². The van der Waals surface area contributed by atoms with E-state index in [0.29, 0.717) is 16.3 Å². The molecule has 5 heteroatoms. The highest BCUT2D eigenvalue weighted by Gasteiger charge is 2.18. The van der Waals surface area contributed by atoms with E-state index >= 15 is 0 Å². The fourth-order valence-corrected chi connectivity index (χ4v) is 2.27. The molecule has 1 unspecified atom stereocenters. The van der Waals surface area contributed by atoms with E-state index < -0.39 is 11.9 Å². The van der Waals surface area contributed by atoms with Crippen LogP contribution in [-0.2, 0) is 0 Å². The number of benzene rings is 1. The Morgan fingerprint density at radius 3 is 2.72 bits per heavy atom. The van der Waals surface area contributed by atoms with Crippen molar-refractivity contribution in [2.24, 2.45) is 0 Å². The minimum absolute atomic E-state index is 0.0149. The van der Waals surface area contributed by atoms with E-state index in [-0.39, 0.29) is 5.02 Å². The van der Waals surface area contributed by atoms with E-state index in [1.807, 2.05) is 0 Å². The maximum atomic E-state index is 13.4. The number of aromatic nitrogens is 1. The molecule has 2 nitrogen and oxygen atoms in total. The lowest BCUT2D eigenvalue weighted by molar-refractivity contribution is 0.225. The monoisotopic (exact) mass is 285 g/mol. The molecule has 0 aliphatic rings. The highest BCUT2D eigenvalue weighted by atomic mass is 35.5. The summed E-state index contributed by atoms with van der Waals surface area (Å²) in [6.07, 6.45) is 2.74. The summed E-state index contributed by atoms with van der Waals surface area (Å²) >= 11 is 11.9. The Hall–Kier alpha value is -1.32. The summed E-state index contributed by atoms with van der Waals surface area (Å²) in [6.45, 7) is 1.75. The molecule has 2 aromatic rings. The number of hydrogen-bond acceptors (Lipinski definition) is 2. The number of rotatable bonds is 3. The van der Waals surface area contributed by atoms with Crippen LogP contribution in [0, 0.1) is 5.82 Å². The fraction of sp³-hybridized carbons (Fsp3) is 0.154. The fourth-order valence-electron chi connectivity index (χ4n) is 1.60. The SMILES string of the molecule is CC(Oc1cccnc1)c1c(Cl)ccc(F)c1Cl. The predicted molar refractivity (Wildman–Crippen MR) is 69.7 cm³/mol. The van der Waals surface area contributed by atoms with Crippen molar-refractivity contribution in [1.29, 1.82) is 0 Å². The Bertz CT molecular complexity index is 548. The lowest BCUT2D eigenvalue weighted by atomic mass is 10.1. The molecule has 0 amide bonds. The Balaban J connectivity index is 2.29. The van der Waals surface area contributed by atoms with Gasteiger partial charge < -0.3 is 4.74 Å². The molecular weight excluding hydrogens is 276 g/mol. The van der Waals surface area contributed by atoms with Crippen LogP contribution in [0.5, 0.6) is 5.75 Å². The zero-order valence-electron chi connectivity index (χ0n) is 9.53. The summed E-state index contributed by atoms with van der Waals surface area (Å²) in [5, 5.41) is 0.358. The van der Waals surface area contributed by atoms with Gasteiger partial charge in [-0.05, 0) is 31.2 Å². The number of pyridine rings is 1. The van der Waals surface area contributed by atoms with Gasteiger partial charge in [-0.3, -0.25) is 4.98 Å². The summed E-state index contributed by atoms with van der Waals surface area (Å²) in [4.78, 5) is 3.93. The molecule has 1 aromatic heterocycles. The first-order valence-electron chi connectivity index (χ1n) is 5.29. The number of hydrogen-bond donors (Lipinski definition) is 0. The van der Waals surface area contributed by atoms with Crippen molar-refractivity contribution >= 4 is 23.2 Å². The van der Waals surface area contributed by atoms with Gasteiger partial charge in [-0.2, -0.15) is 0 Å². The molecule has 0 radical (unpaired) electrons. The van der Waals surface area contributed by atoms with E-state index in [2.05, 4.69) is 4.98 Å². The van der Waals surface area contributed by atoms with Gasteiger partial charge in [0, 0.05) is 16.8 Å². The Morgan fingerprint density at radius 1 is 1.28 bits per heavy atom. The van der Waals surface area contributed by atoms with Crippen molar-refractivity contribution < 1.29 is 9.13 Å². The zero-order valence-corrected chi connectivity index (χ0v) is 11.0. The molecule has 0 saturated carbocycles. The van der Waals surface area contributed by atoms with Crippen LogP contribution in [0.15, 0.2) is 36.7 Å². The summed E-state index contributed by atoms with van der Waals surface area (Å²) in [5.74, 6) is 0.0547. The second-order valence-electron chi connectivity index (χ2n) is 3.71. The van der Waals surface area contributed by atoms with Gasteiger partial charge in [0.1, 0.15) is 17.7 Å². The minimum Gasteiger partial charge on any atom is -0.484 e. The molecule has 1 atom stereocenters. The largest absolute Gasteiger partial charge is 0.484 e. The van der Waals surface area contributed by atoms with E-state index in [4.69, 9.17) is 27.9 Å². The van der Waals surface area contributed by atoms with Gasteiger partial charge >= 0.3 is 0 Å². The molecule has 0 spiro atoms. The molecule has 18 heavy (non-hydrogen) atoms. The second kappa shape index (κ2) is 5.55. The molecule has 1 heterocycles. The second-order valence-corrected chi connectivity index (χ2v) is 4.49. The first-order chi connectivity index (χ1) is 8.59. The Kier molecular flexibility index (Phi) is 4.04. The van der Waals surface area contributed by atoms with Gasteiger partial charge in [-0.1, -0.05) is 23.2 Å². The maximum Gasteiger partial charge on any atom is 0.142 e. The van der Waals surface area contributed by atoms with Crippen molar-refractivity contribution in [3.63, 3.8) is 0 Å². The lowest BCUT2D eigenvalue weighted by Gasteiger charge is -2.17. The van der Waals surface area contributed by atoms with Gasteiger partial charge in [0.25, 0.3) is 0 Å². The summed E-state index contributed by atoms with van der Waals surface area (Å²) in [5.41, 5.74) is 0.433. The van der Waals surface area contributed by atoms with Gasteiger partial charge in [0.15, 0.2) is 0 Å². The third kappa shape index (κ3) is 2.74. The Labute approximate surface area is 114 Å². The highest BCUT2D eigenvalue weighted by Crippen LogP contribution is 2.34. The number of halogens is 3. The maximum absolute atomic E-state index is 13.4. The van der Waals surface area contributed by atoms with Crippen molar-refractivity contribution in [3.8, 4) is 5.75 Å². The van der Waals surface area contributed by atoms with E-state index in [1.165, 1.54) is 12.1 Å². The van der Waals surface area contributed by atoms with Crippen LogP contribution in [0.2, 0.25) is 10.0 Å². The highest BCUT2D eigenvalue weighted by molar-refractivity contribution is 6.36. The van der Waals surface area contributed by atoms with Crippen LogP contribution in [0.25, 0.3) is 0 Å². The van der Waals surface area contributed by atoms with Crippen LogP contribution in [0.1, 0.15) is 18.6 Å².